The zero-order chi connectivity index (χ0) is 20.5. The van der Waals surface area contributed by atoms with Crippen LogP contribution in [0.1, 0.15) is 33.2 Å². The highest BCUT2D eigenvalue weighted by Crippen LogP contribution is 2.36. The van der Waals surface area contributed by atoms with Gasteiger partial charge in [-0.05, 0) is 32.4 Å². The quantitative estimate of drug-likeness (QED) is 0.685. The smallest absolute Gasteiger partial charge is 0.258 e. The molecule has 0 fully saturated rings. The van der Waals surface area contributed by atoms with Crippen molar-refractivity contribution < 1.29 is 14.3 Å². The Balaban J connectivity index is 1.70. The van der Waals surface area contributed by atoms with Crippen molar-refractivity contribution in [1.82, 2.24) is 24.3 Å². The average Bonchev–Trinajstić information content (AvgIpc) is 3.30. The molecular formula is C20H24N6O3. The number of nitrogens with zero attached hydrogens (tertiary/aromatic N) is 5. The van der Waals surface area contributed by atoms with Gasteiger partial charge >= 0.3 is 0 Å². The van der Waals surface area contributed by atoms with Crippen LogP contribution in [0, 0.1) is 0 Å². The summed E-state index contributed by atoms with van der Waals surface area (Å²) in [6.45, 7) is 7.10. The largest absolute Gasteiger partial charge is 0.491 e. The van der Waals surface area contributed by atoms with Crippen LogP contribution < -0.4 is 15.2 Å². The third-order valence-corrected chi connectivity index (χ3v) is 4.82. The molecule has 1 atom stereocenters. The van der Waals surface area contributed by atoms with Crippen molar-refractivity contribution in [2.75, 3.05) is 6.61 Å². The number of hydrogen-bond acceptors (Lipinski definition) is 6. The molecule has 1 aliphatic heterocycles. The molecule has 9 heteroatoms. The van der Waals surface area contributed by atoms with Gasteiger partial charge in [-0.3, -0.25) is 4.79 Å². The van der Waals surface area contributed by atoms with Crippen LogP contribution in [0.4, 0.5) is 0 Å². The predicted molar refractivity (Wildman–Crippen MR) is 106 cm³/mol. The van der Waals surface area contributed by atoms with Crippen LogP contribution in [0.25, 0.3) is 22.9 Å². The number of benzene rings is 1. The molecule has 3 heterocycles. The monoisotopic (exact) mass is 396 g/mol. The van der Waals surface area contributed by atoms with E-state index in [1.807, 2.05) is 23.9 Å². The number of aromatic nitrogens is 5. The standard InChI is InChI=1S/C20H24N6O3/c1-4-16(18(21)27)29-13-5-6-14-17(9-13)28-8-7-25-10-15(24-19(14)25)20-22-11-23-26(20)12(2)3/h5-6,9-12,16H,4,7-8H2,1-3H3,(H2,21,27)/t16-/m0/s1. The van der Waals surface area contributed by atoms with Crippen molar-refractivity contribution in [3.05, 3.63) is 30.7 Å². The van der Waals surface area contributed by atoms with Gasteiger partial charge in [-0.25, -0.2) is 14.6 Å². The molecule has 0 bridgehead atoms. The minimum atomic E-state index is -0.671. The van der Waals surface area contributed by atoms with Crippen LogP contribution in [-0.4, -0.2) is 42.9 Å². The number of carbonyl (C=O) groups excluding carboxylic acids is 1. The molecule has 9 nitrogen and oxygen atoms in total. The van der Waals surface area contributed by atoms with Gasteiger partial charge in [-0.15, -0.1) is 0 Å². The van der Waals surface area contributed by atoms with Gasteiger partial charge in [0.25, 0.3) is 5.91 Å². The van der Waals surface area contributed by atoms with E-state index in [0.717, 1.165) is 22.9 Å². The summed E-state index contributed by atoms with van der Waals surface area (Å²) in [5, 5.41) is 4.30. The van der Waals surface area contributed by atoms with Crippen LogP contribution in [-0.2, 0) is 11.3 Å². The summed E-state index contributed by atoms with van der Waals surface area (Å²) < 4.78 is 15.5. The molecular weight excluding hydrogens is 372 g/mol. The summed E-state index contributed by atoms with van der Waals surface area (Å²) in [6, 6.07) is 5.65. The number of ether oxygens (including phenoxy) is 2. The van der Waals surface area contributed by atoms with Crippen molar-refractivity contribution in [3.8, 4) is 34.4 Å². The van der Waals surface area contributed by atoms with Gasteiger partial charge < -0.3 is 19.8 Å². The molecule has 1 amide bonds. The van der Waals surface area contributed by atoms with Crippen LogP contribution in [0.15, 0.2) is 30.7 Å². The predicted octanol–water partition coefficient (Wildman–Crippen LogP) is 2.42. The van der Waals surface area contributed by atoms with Crippen molar-refractivity contribution in [3.63, 3.8) is 0 Å². The van der Waals surface area contributed by atoms with Crippen LogP contribution in [0.3, 0.4) is 0 Å². The molecule has 1 aliphatic rings. The third kappa shape index (κ3) is 3.55. The number of hydrogen-bond donors (Lipinski definition) is 1. The van der Waals surface area contributed by atoms with Crippen molar-refractivity contribution in [1.29, 1.82) is 0 Å². The second-order valence-corrected chi connectivity index (χ2v) is 7.19. The topological polar surface area (TPSA) is 110 Å². The summed E-state index contributed by atoms with van der Waals surface area (Å²) >= 11 is 0. The SMILES string of the molecule is CC[C@H](Oc1ccc2c(c1)OCCn1cc(-c3ncnn3C(C)C)nc1-2)C(N)=O. The van der Waals surface area contributed by atoms with E-state index in [1.54, 1.807) is 18.5 Å². The molecule has 1 aromatic carbocycles. The fraction of sp³-hybridized carbons (Fsp3) is 0.400. The number of imidazole rings is 1. The highest BCUT2D eigenvalue weighted by atomic mass is 16.5. The van der Waals surface area contributed by atoms with Crippen LogP contribution in [0.5, 0.6) is 11.5 Å². The van der Waals surface area contributed by atoms with Crippen molar-refractivity contribution >= 4 is 5.91 Å². The van der Waals surface area contributed by atoms with Gasteiger partial charge in [0.15, 0.2) is 11.9 Å². The van der Waals surface area contributed by atoms with E-state index >= 15 is 0 Å². The Hall–Kier alpha value is -3.36. The minimum absolute atomic E-state index is 0.182. The molecule has 0 saturated carbocycles. The van der Waals surface area contributed by atoms with Gasteiger partial charge in [0, 0.05) is 18.3 Å². The summed E-state index contributed by atoms with van der Waals surface area (Å²) in [5.74, 6) is 2.23. The summed E-state index contributed by atoms with van der Waals surface area (Å²) in [7, 11) is 0. The Bertz CT molecular complexity index is 1040. The first kappa shape index (κ1) is 19.0. The number of primary amides is 1. The van der Waals surface area contributed by atoms with Crippen molar-refractivity contribution in [2.24, 2.45) is 5.73 Å². The molecule has 29 heavy (non-hydrogen) atoms. The molecule has 2 N–H and O–H groups in total. The number of fused-ring (bicyclic) bond motifs is 3. The number of carbonyl (C=O) groups is 1. The fourth-order valence-corrected chi connectivity index (χ4v) is 3.36. The van der Waals surface area contributed by atoms with E-state index in [2.05, 4.69) is 28.5 Å². The number of rotatable bonds is 6. The van der Waals surface area contributed by atoms with E-state index in [9.17, 15) is 4.79 Å². The Morgan fingerprint density at radius 1 is 1.34 bits per heavy atom. The van der Waals surface area contributed by atoms with Gasteiger partial charge in [-0.2, -0.15) is 5.10 Å². The third-order valence-electron chi connectivity index (χ3n) is 4.82. The van der Waals surface area contributed by atoms with Crippen molar-refractivity contribution in [2.45, 2.75) is 45.9 Å². The molecule has 4 rings (SSSR count). The molecule has 3 aromatic rings. The highest BCUT2D eigenvalue weighted by Gasteiger charge is 2.23. The lowest BCUT2D eigenvalue weighted by molar-refractivity contribution is -0.124. The molecule has 152 valence electrons. The van der Waals surface area contributed by atoms with Gasteiger partial charge in [0.05, 0.1) is 12.1 Å². The maximum atomic E-state index is 11.5. The van der Waals surface area contributed by atoms with E-state index in [0.29, 0.717) is 31.1 Å². The van der Waals surface area contributed by atoms with Gasteiger partial charge in [0.1, 0.15) is 36.0 Å². The highest BCUT2D eigenvalue weighted by molar-refractivity contribution is 5.79. The van der Waals surface area contributed by atoms with E-state index in [1.165, 1.54) is 0 Å². The normalized spacial score (nSPS) is 13.9. The maximum Gasteiger partial charge on any atom is 0.258 e. The van der Waals surface area contributed by atoms with E-state index < -0.39 is 12.0 Å². The van der Waals surface area contributed by atoms with Crippen LogP contribution >= 0.6 is 0 Å². The Morgan fingerprint density at radius 3 is 2.90 bits per heavy atom. The van der Waals surface area contributed by atoms with Gasteiger partial charge in [0.2, 0.25) is 0 Å². The average molecular weight is 396 g/mol. The second-order valence-electron chi connectivity index (χ2n) is 7.19. The fourth-order valence-electron chi connectivity index (χ4n) is 3.36. The molecule has 0 unspecified atom stereocenters. The van der Waals surface area contributed by atoms with Crippen LogP contribution in [0.2, 0.25) is 0 Å². The molecule has 2 aromatic heterocycles. The zero-order valence-corrected chi connectivity index (χ0v) is 16.7. The Labute approximate surface area is 168 Å². The lowest BCUT2D eigenvalue weighted by atomic mass is 10.1. The molecule has 0 spiro atoms. The van der Waals surface area contributed by atoms with E-state index in [-0.39, 0.29) is 6.04 Å². The molecule has 0 radical (unpaired) electrons. The van der Waals surface area contributed by atoms with Gasteiger partial charge in [-0.1, -0.05) is 6.92 Å². The number of amides is 1. The Kier molecular flexibility index (Phi) is 4.96. The summed E-state index contributed by atoms with van der Waals surface area (Å²) in [5.41, 5.74) is 7.00. The maximum absolute atomic E-state index is 11.5. The first-order chi connectivity index (χ1) is 14.0. The van der Waals surface area contributed by atoms with E-state index in [4.69, 9.17) is 20.2 Å². The number of nitrogens with two attached hydrogens (primary N) is 1. The molecule has 0 saturated heterocycles. The lowest BCUT2D eigenvalue weighted by Crippen LogP contribution is -2.32. The zero-order valence-electron chi connectivity index (χ0n) is 16.7. The second kappa shape index (κ2) is 7.57. The summed E-state index contributed by atoms with van der Waals surface area (Å²) in [6.07, 6.45) is 3.34. The lowest BCUT2D eigenvalue weighted by Gasteiger charge is -2.15. The first-order valence-electron chi connectivity index (χ1n) is 9.68. The molecule has 0 aliphatic carbocycles. The first-order valence-corrected chi connectivity index (χ1v) is 9.68. The Morgan fingerprint density at radius 2 is 2.17 bits per heavy atom. The summed E-state index contributed by atoms with van der Waals surface area (Å²) in [4.78, 5) is 20.7. The minimum Gasteiger partial charge on any atom is -0.491 e.